The van der Waals surface area contributed by atoms with Crippen LogP contribution < -0.4 is 5.32 Å². The van der Waals surface area contributed by atoms with Gasteiger partial charge in [0.25, 0.3) is 0 Å². The average Bonchev–Trinajstić information content (AvgIpc) is 2.98. The molecule has 7 heteroatoms. The van der Waals surface area contributed by atoms with Crippen LogP contribution in [0.25, 0.3) is 21.9 Å². The molecule has 1 aliphatic heterocycles. The highest BCUT2D eigenvalue weighted by Gasteiger charge is 2.12. The molecule has 24 heavy (non-hydrogen) atoms. The number of nitrogens with zero attached hydrogens (tertiary/aromatic N) is 3. The molecule has 3 aromatic rings. The Morgan fingerprint density at radius 3 is 3.00 bits per heavy atom. The molecule has 126 valence electrons. The average molecular weight is 329 g/mol. The second kappa shape index (κ2) is 6.70. The molecule has 2 aromatic heterocycles. The lowest BCUT2D eigenvalue weighted by atomic mass is 10.2. The number of hydrogen-bond donors (Lipinski definition) is 2. The summed E-state index contributed by atoms with van der Waals surface area (Å²) in [5.74, 6) is 0.501. The van der Waals surface area contributed by atoms with Crippen molar-refractivity contribution in [3.63, 3.8) is 0 Å². The molecule has 2 N–H and O–H groups in total. The highest BCUT2D eigenvalue weighted by atomic mass is 19.1. The Kier molecular flexibility index (Phi) is 4.27. The van der Waals surface area contributed by atoms with E-state index in [0.717, 1.165) is 73.6 Å². The van der Waals surface area contributed by atoms with Gasteiger partial charge in [-0.1, -0.05) is 0 Å². The van der Waals surface area contributed by atoms with E-state index in [9.17, 15) is 4.39 Å². The number of hydrogen-bond acceptors (Lipinski definition) is 5. The summed E-state index contributed by atoms with van der Waals surface area (Å²) in [6.07, 6.45) is 2.55. The monoisotopic (exact) mass is 329 g/mol. The highest BCUT2D eigenvalue weighted by molar-refractivity contribution is 6.07. The van der Waals surface area contributed by atoms with E-state index in [0.29, 0.717) is 0 Å². The van der Waals surface area contributed by atoms with Crippen molar-refractivity contribution in [1.82, 2.24) is 19.9 Å². The first-order valence-electron chi connectivity index (χ1n) is 8.27. The van der Waals surface area contributed by atoms with Crippen LogP contribution in [0.4, 0.5) is 10.2 Å². The number of aromatic amines is 1. The summed E-state index contributed by atoms with van der Waals surface area (Å²) in [6.45, 7) is 5.53. The zero-order chi connectivity index (χ0) is 16.4. The van der Waals surface area contributed by atoms with Gasteiger partial charge in [0, 0.05) is 30.5 Å². The maximum absolute atomic E-state index is 13.5. The van der Waals surface area contributed by atoms with Crippen LogP contribution in [-0.2, 0) is 4.74 Å². The number of rotatable bonds is 5. The van der Waals surface area contributed by atoms with Gasteiger partial charge in [-0.25, -0.2) is 14.4 Å². The molecular weight excluding hydrogens is 309 g/mol. The van der Waals surface area contributed by atoms with Crippen molar-refractivity contribution in [2.24, 2.45) is 0 Å². The molecule has 1 fully saturated rings. The van der Waals surface area contributed by atoms with Gasteiger partial charge in [-0.2, -0.15) is 0 Å². The molecule has 0 spiro atoms. The molecule has 0 radical (unpaired) electrons. The molecule has 0 atom stereocenters. The quantitative estimate of drug-likeness (QED) is 0.704. The number of fused-ring (bicyclic) bond motifs is 3. The Labute approximate surface area is 139 Å². The molecule has 0 bridgehead atoms. The number of halogens is 1. The lowest BCUT2D eigenvalue weighted by molar-refractivity contribution is 0.0378. The predicted octanol–water partition coefficient (Wildman–Crippen LogP) is 2.38. The Bertz CT molecular complexity index is 843. The van der Waals surface area contributed by atoms with Gasteiger partial charge < -0.3 is 15.0 Å². The van der Waals surface area contributed by atoms with Crippen molar-refractivity contribution in [3.05, 3.63) is 30.3 Å². The fourth-order valence-electron chi connectivity index (χ4n) is 3.13. The third-order valence-corrected chi connectivity index (χ3v) is 4.39. The topological polar surface area (TPSA) is 66.1 Å². The number of morpholine rings is 1. The van der Waals surface area contributed by atoms with Gasteiger partial charge in [-0.05, 0) is 31.2 Å². The molecule has 1 saturated heterocycles. The third kappa shape index (κ3) is 3.05. The predicted molar refractivity (Wildman–Crippen MR) is 91.7 cm³/mol. The third-order valence-electron chi connectivity index (χ3n) is 4.39. The van der Waals surface area contributed by atoms with Gasteiger partial charge in [0.2, 0.25) is 0 Å². The molecule has 0 amide bonds. The maximum atomic E-state index is 13.5. The second-order valence-corrected chi connectivity index (χ2v) is 6.00. The molecule has 1 aromatic carbocycles. The Morgan fingerprint density at radius 1 is 1.25 bits per heavy atom. The van der Waals surface area contributed by atoms with Crippen LogP contribution in [0.5, 0.6) is 0 Å². The number of ether oxygens (including phenoxy) is 1. The lowest BCUT2D eigenvalue weighted by Gasteiger charge is -2.26. The molecule has 0 saturated carbocycles. The minimum atomic E-state index is -0.262. The molecule has 0 unspecified atom stereocenters. The van der Waals surface area contributed by atoms with E-state index in [-0.39, 0.29) is 5.82 Å². The van der Waals surface area contributed by atoms with Gasteiger partial charge >= 0.3 is 0 Å². The Hall–Kier alpha value is -2.25. The van der Waals surface area contributed by atoms with Crippen molar-refractivity contribution >= 4 is 27.8 Å². The van der Waals surface area contributed by atoms with Crippen molar-refractivity contribution in [1.29, 1.82) is 0 Å². The van der Waals surface area contributed by atoms with E-state index in [2.05, 4.69) is 25.2 Å². The van der Waals surface area contributed by atoms with Crippen molar-refractivity contribution in [2.45, 2.75) is 6.42 Å². The summed E-state index contributed by atoms with van der Waals surface area (Å²) in [4.78, 5) is 14.3. The summed E-state index contributed by atoms with van der Waals surface area (Å²) in [5, 5.41) is 4.15. The smallest absolute Gasteiger partial charge is 0.153 e. The molecule has 6 nitrogen and oxygen atoms in total. The SMILES string of the molecule is Fc1ccc2[nH]c3c(NCCCN4CCOCC4)ncnc3c2c1. The summed E-state index contributed by atoms with van der Waals surface area (Å²) in [6, 6.07) is 4.68. The first kappa shape index (κ1) is 15.3. The van der Waals surface area contributed by atoms with E-state index in [1.165, 1.54) is 18.5 Å². The number of aromatic nitrogens is 3. The Morgan fingerprint density at radius 2 is 2.12 bits per heavy atom. The van der Waals surface area contributed by atoms with Crippen LogP contribution in [0.3, 0.4) is 0 Å². The lowest BCUT2D eigenvalue weighted by Crippen LogP contribution is -2.37. The second-order valence-electron chi connectivity index (χ2n) is 6.00. The van der Waals surface area contributed by atoms with Crippen molar-refractivity contribution < 1.29 is 9.13 Å². The molecule has 4 rings (SSSR count). The summed E-state index contributed by atoms with van der Waals surface area (Å²) >= 11 is 0. The molecular formula is C17H20FN5O. The standard InChI is InChI=1S/C17H20FN5O/c18-12-2-3-14-13(10-12)15-16(22-14)17(21-11-20-15)19-4-1-5-23-6-8-24-9-7-23/h2-3,10-11,22H,1,4-9H2,(H,19,20,21). The number of anilines is 1. The number of benzene rings is 1. The van der Waals surface area contributed by atoms with E-state index >= 15 is 0 Å². The van der Waals surface area contributed by atoms with E-state index < -0.39 is 0 Å². The van der Waals surface area contributed by atoms with Gasteiger partial charge in [0.15, 0.2) is 5.82 Å². The van der Waals surface area contributed by atoms with Crippen LogP contribution in [0.2, 0.25) is 0 Å². The van der Waals surface area contributed by atoms with Crippen LogP contribution in [0, 0.1) is 5.82 Å². The molecule has 3 heterocycles. The maximum Gasteiger partial charge on any atom is 0.153 e. The fraction of sp³-hybridized carbons (Fsp3) is 0.412. The van der Waals surface area contributed by atoms with Gasteiger partial charge in [-0.15, -0.1) is 0 Å². The number of H-pyrrole nitrogens is 1. The highest BCUT2D eigenvalue weighted by Crippen LogP contribution is 2.27. The first-order chi connectivity index (χ1) is 11.8. The normalized spacial score (nSPS) is 16.0. The summed E-state index contributed by atoms with van der Waals surface area (Å²) in [5.41, 5.74) is 2.43. The minimum Gasteiger partial charge on any atom is -0.379 e. The van der Waals surface area contributed by atoms with E-state index in [1.807, 2.05) is 0 Å². The van der Waals surface area contributed by atoms with Crippen LogP contribution in [0.1, 0.15) is 6.42 Å². The van der Waals surface area contributed by atoms with Gasteiger partial charge in [0.1, 0.15) is 23.2 Å². The van der Waals surface area contributed by atoms with Gasteiger partial charge in [0.05, 0.1) is 13.2 Å². The number of nitrogens with one attached hydrogen (secondary N) is 2. The zero-order valence-corrected chi connectivity index (χ0v) is 13.4. The zero-order valence-electron chi connectivity index (χ0n) is 13.4. The van der Waals surface area contributed by atoms with Gasteiger partial charge in [-0.3, -0.25) is 4.90 Å². The Balaban J connectivity index is 1.46. The fourth-order valence-corrected chi connectivity index (χ4v) is 3.13. The van der Waals surface area contributed by atoms with Crippen LogP contribution >= 0.6 is 0 Å². The van der Waals surface area contributed by atoms with E-state index in [4.69, 9.17) is 4.74 Å². The first-order valence-corrected chi connectivity index (χ1v) is 8.27. The molecule has 0 aliphatic carbocycles. The largest absolute Gasteiger partial charge is 0.379 e. The van der Waals surface area contributed by atoms with Crippen molar-refractivity contribution in [3.8, 4) is 0 Å². The van der Waals surface area contributed by atoms with Crippen LogP contribution in [0.15, 0.2) is 24.5 Å². The molecule has 1 aliphatic rings. The van der Waals surface area contributed by atoms with Crippen LogP contribution in [-0.4, -0.2) is 59.2 Å². The van der Waals surface area contributed by atoms with E-state index in [1.54, 1.807) is 6.07 Å². The summed E-state index contributed by atoms with van der Waals surface area (Å²) in [7, 11) is 0. The van der Waals surface area contributed by atoms with Crippen molar-refractivity contribution in [2.75, 3.05) is 44.7 Å². The minimum absolute atomic E-state index is 0.262. The summed E-state index contributed by atoms with van der Waals surface area (Å²) < 4.78 is 18.8.